The number of carbonyl (C=O) groups is 1. The molecular weight excluding hydrogens is 288 g/mol. The zero-order chi connectivity index (χ0) is 16.4. The van der Waals surface area contributed by atoms with Crippen LogP contribution in [0.2, 0.25) is 0 Å². The molecule has 3 rings (SSSR count). The molecule has 4 nitrogen and oxygen atoms in total. The van der Waals surface area contributed by atoms with Crippen LogP contribution in [0.25, 0.3) is 10.9 Å². The number of aliphatic hydroxyl groups is 1. The lowest BCUT2D eigenvalue weighted by molar-refractivity contribution is -0.120. The minimum absolute atomic E-state index is 0.00121. The van der Waals surface area contributed by atoms with Gasteiger partial charge in [0, 0.05) is 22.3 Å². The van der Waals surface area contributed by atoms with Gasteiger partial charge in [-0.1, -0.05) is 30.3 Å². The Kier molecular flexibility index (Phi) is 3.92. The highest BCUT2D eigenvalue weighted by molar-refractivity contribution is 5.94. The number of H-pyrrole nitrogens is 1. The number of nitrogens with one attached hydrogen (secondary N) is 2. The van der Waals surface area contributed by atoms with E-state index in [1.807, 2.05) is 61.5 Å². The molecule has 1 atom stereocenters. The van der Waals surface area contributed by atoms with E-state index in [9.17, 15) is 9.90 Å². The summed E-state index contributed by atoms with van der Waals surface area (Å²) in [5.41, 5.74) is 2.38. The van der Waals surface area contributed by atoms with E-state index in [1.165, 1.54) is 0 Å². The molecule has 1 amide bonds. The summed E-state index contributed by atoms with van der Waals surface area (Å²) in [5, 5.41) is 14.5. The zero-order valence-corrected chi connectivity index (χ0v) is 13.3. The fourth-order valence-electron chi connectivity index (χ4n) is 2.77. The van der Waals surface area contributed by atoms with Crippen molar-refractivity contribution in [2.75, 3.05) is 5.32 Å². The van der Waals surface area contributed by atoms with Crippen molar-refractivity contribution in [3.63, 3.8) is 0 Å². The Morgan fingerprint density at radius 2 is 1.91 bits per heavy atom. The first-order valence-electron chi connectivity index (χ1n) is 7.61. The molecule has 0 aliphatic heterocycles. The molecule has 0 aliphatic carbocycles. The summed E-state index contributed by atoms with van der Waals surface area (Å²) in [4.78, 5) is 15.5. The molecule has 0 saturated heterocycles. The van der Waals surface area contributed by atoms with Crippen LogP contribution in [0.5, 0.6) is 0 Å². The number of aryl methyl sites for hydroxylation is 1. The number of hydrogen-bond donors (Lipinski definition) is 3. The highest BCUT2D eigenvalue weighted by Gasteiger charge is 2.26. The molecule has 0 aliphatic rings. The largest absolute Gasteiger partial charge is 0.385 e. The Labute approximate surface area is 135 Å². The van der Waals surface area contributed by atoms with Crippen molar-refractivity contribution in [1.82, 2.24) is 4.98 Å². The van der Waals surface area contributed by atoms with Crippen molar-refractivity contribution in [1.29, 1.82) is 0 Å². The van der Waals surface area contributed by atoms with Crippen LogP contribution < -0.4 is 5.32 Å². The van der Waals surface area contributed by atoms with Crippen molar-refractivity contribution in [3.05, 3.63) is 65.9 Å². The Hall–Kier alpha value is -2.59. The number of carbonyl (C=O) groups excluding carboxylic acids is 1. The standard InChI is InChI=1S/C19H20N2O2/c1-13-10-14-11-16(8-9-17(14)20-13)21-18(22)12-19(2,23)15-6-4-3-5-7-15/h3-11,20,23H,12H2,1-2H3,(H,21,22). The number of aromatic nitrogens is 1. The molecule has 3 aromatic rings. The van der Waals surface area contributed by atoms with Crippen molar-refractivity contribution in [3.8, 4) is 0 Å². The Morgan fingerprint density at radius 3 is 2.65 bits per heavy atom. The first kappa shape index (κ1) is 15.3. The van der Waals surface area contributed by atoms with Crippen LogP contribution in [0.4, 0.5) is 5.69 Å². The Morgan fingerprint density at radius 1 is 1.17 bits per heavy atom. The third-order valence-corrected chi connectivity index (χ3v) is 3.94. The van der Waals surface area contributed by atoms with Crippen LogP contribution >= 0.6 is 0 Å². The van der Waals surface area contributed by atoms with Crippen LogP contribution in [0.15, 0.2) is 54.6 Å². The number of fused-ring (bicyclic) bond motifs is 1. The quantitative estimate of drug-likeness (QED) is 0.688. The second-order valence-corrected chi connectivity index (χ2v) is 6.12. The van der Waals surface area contributed by atoms with Gasteiger partial charge >= 0.3 is 0 Å². The number of anilines is 1. The van der Waals surface area contributed by atoms with Gasteiger partial charge in [0.05, 0.1) is 12.0 Å². The van der Waals surface area contributed by atoms with Crippen molar-refractivity contribution < 1.29 is 9.90 Å². The van der Waals surface area contributed by atoms with Gasteiger partial charge in [0.1, 0.15) is 0 Å². The molecule has 0 bridgehead atoms. The van der Waals surface area contributed by atoms with E-state index in [2.05, 4.69) is 10.3 Å². The van der Waals surface area contributed by atoms with Gasteiger partial charge in [-0.2, -0.15) is 0 Å². The van der Waals surface area contributed by atoms with Crippen LogP contribution in [-0.4, -0.2) is 16.0 Å². The lowest BCUT2D eigenvalue weighted by Gasteiger charge is -2.23. The summed E-state index contributed by atoms with van der Waals surface area (Å²) in [6.45, 7) is 3.65. The summed E-state index contributed by atoms with van der Waals surface area (Å²) in [6.07, 6.45) is 0.00121. The Balaban J connectivity index is 1.73. The molecule has 2 aromatic carbocycles. The molecule has 0 fully saturated rings. The van der Waals surface area contributed by atoms with Crippen LogP contribution in [-0.2, 0) is 10.4 Å². The third kappa shape index (κ3) is 3.43. The topological polar surface area (TPSA) is 65.1 Å². The SMILES string of the molecule is Cc1cc2cc(NC(=O)CC(C)(O)c3ccccc3)ccc2[nH]1. The average molecular weight is 308 g/mol. The maximum atomic E-state index is 12.3. The van der Waals surface area contributed by atoms with Gasteiger partial charge in [0.15, 0.2) is 0 Å². The molecule has 0 radical (unpaired) electrons. The van der Waals surface area contributed by atoms with E-state index in [0.29, 0.717) is 0 Å². The van der Waals surface area contributed by atoms with E-state index in [0.717, 1.165) is 27.8 Å². The lowest BCUT2D eigenvalue weighted by atomic mass is 9.92. The van der Waals surface area contributed by atoms with E-state index in [-0.39, 0.29) is 12.3 Å². The normalized spacial score (nSPS) is 13.7. The molecule has 4 heteroatoms. The van der Waals surface area contributed by atoms with Gasteiger partial charge in [0.2, 0.25) is 5.91 Å². The van der Waals surface area contributed by atoms with E-state index < -0.39 is 5.60 Å². The van der Waals surface area contributed by atoms with E-state index in [4.69, 9.17) is 0 Å². The maximum Gasteiger partial charge on any atom is 0.227 e. The summed E-state index contributed by atoms with van der Waals surface area (Å²) in [5.74, 6) is -0.217. The molecule has 0 spiro atoms. The Bertz CT molecular complexity index is 835. The third-order valence-electron chi connectivity index (χ3n) is 3.94. The second-order valence-electron chi connectivity index (χ2n) is 6.12. The molecule has 23 heavy (non-hydrogen) atoms. The monoisotopic (exact) mass is 308 g/mol. The van der Waals surface area contributed by atoms with E-state index >= 15 is 0 Å². The number of amides is 1. The van der Waals surface area contributed by atoms with Crippen molar-refractivity contribution in [2.45, 2.75) is 25.9 Å². The first-order chi connectivity index (χ1) is 10.9. The first-order valence-corrected chi connectivity index (χ1v) is 7.61. The van der Waals surface area contributed by atoms with Gasteiger partial charge in [-0.25, -0.2) is 0 Å². The molecule has 1 heterocycles. The molecular formula is C19H20N2O2. The predicted octanol–water partition coefficient (Wildman–Crippen LogP) is 3.71. The molecule has 3 N–H and O–H groups in total. The molecule has 0 saturated carbocycles. The van der Waals surface area contributed by atoms with Gasteiger partial charge in [-0.05, 0) is 43.7 Å². The highest BCUT2D eigenvalue weighted by Crippen LogP contribution is 2.25. The number of rotatable bonds is 4. The highest BCUT2D eigenvalue weighted by atomic mass is 16.3. The summed E-state index contributed by atoms with van der Waals surface area (Å²) >= 11 is 0. The smallest absolute Gasteiger partial charge is 0.227 e. The molecule has 1 unspecified atom stereocenters. The van der Waals surface area contributed by atoms with Crippen molar-refractivity contribution in [2.24, 2.45) is 0 Å². The summed E-state index contributed by atoms with van der Waals surface area (Å²) in [6, 6.07) is 17.0. The molecule has 118 valence electrons. The zero-order valence-electron chi connectivity index (χ0n) is 13.3. The van der Waals surface area contributed by atoms with Crippen LogP contribution in [0.1, 0.15) is 24.6 Å². The van der Waals surface area contributed by atoms with Gasteiger partial charge in [-0.3, -0.25) is 4.79 Å². The van der Waals surface area contributed by atoms with Crippen molar-refractivity contribution >= 4 is 22.5 Å². The molecule has 1 aromatic heterocycles. The summed E-state index contributed by atoms with van der Waals surface area (Å²) in [7, 11) is 0. The fraction of sp³-hybridized carbons (Fsp3) is 0.211. The predicted molar refractivity (Wildman–Crippen MR) is 92.3 cm³/mol. The minimum atomic E-state index is -1.19. The van der Waals surface area contributed by atoms with Crippen LogP contribution in [0, 0.1) is 6.92 Å². The second kappa shape index (κ2) is 5.89. The van der Waals surface area contributed by atoms with Gasteiger partial charge in [0.25, 0.3) is 0 Å². The van der Waals surface area contributed by atoms with Gasteiger partial charge < -0.3 is 15.4 Å². The average Bonchev–Trinajstić information content (AvgIpc) is 2.87. The minimum Gasteiger partial charge on any atom is -0.385 e. The number of hydrogen-bond acceptors (Lipinski definition) is 2. The fourth-order valence-corrected chi connectivity index (χ4v) is 2.77. The van der Waals surface area contributed by atoms with Gasteiger partial charge in [-0.15, -0.1) is 0 Å². The maximum absolute atomic E-state index is 12.3. The van der Waals surface area contributed by atoms with Crippen LogP contribution in [0.3, 0.4) is 0 Å². The lowest BCUT2D eigenvalue weighted by Crippen LogP contribution is -2.28. The summed E-state index contributed by atoms with van der Waals surface area (Å²) < 4.78 is 0. The number of benzene rings is 2. The van der Waals surface area contributed by atoms with E-state index in [1.54, 1.807) is 6.92 Å². The number of aromatic amines is 1.